The van der Waals surface area contributed by atoms with Crippen LogP contribution in [0.5, 0.6) is 0 Å². The van der Waals surface area contributed by atoms with E-state index in [1.165, 1.54) is 0 Å². The van der Waals surface area contributed by atoms with Gasteiger partial charge in [-0.05, 0) is 29.8 Å². The number of aromatic nitrogens is 3. The molecule has 0 saturated carbocycles. The number of amides is 1. The predicted octanol–water partition coefficient (Wildman–Crippen LogP) is 3.72. The van der Waals surface area contributed by atoms with Crippen molar-refractivity contribution in [2.24, 2.45) is 7.05 Å². The van der Waals surface area contributed by atoms with Crippen LogP contribution in [0.15, 0.2) is 48.9 Å². The second kappa shape index (κ2) is 7.03. The predicted molar refractivity (Wildman–Crippen MR) is 94.1 cm³/mol. The van der Waals surface area contributed by atoms with Crippen molar-refractivity contribution in [3.8, 4) is 11.3 Å². The minimum absolute atomic E-state index is 0.266. The first-order valence-electron chi connectivity index (χ1n) is 7.21. The average molecular weight is 361 g/mol. The Labute approximate surface area is 149 Å². The number of hydrogen-bond donors (Lipinski definition) is 1. The van der Waals surface area contributed by atoms with Crippen molar-refractivity contribution < 1.29 is 4.79 Å². The van der Waals surface area contributed by atoms with Crippen molar-refractivity contribution in [1.82, 2.24) is 20.1 Å². The summed E-state index contributed by atoms with van der Waals surface area (Å²) in [7, 11) is 1.84. The van der Waals surface area contributed by atoms with E-state index in [1.54, 1.807) is 35.3 Å². The van der Waals surface area contributed by atoms with Crippen LogP contribution in [0.1, 0.15) is 15.9 Å². The molecule has 2 aromatic heterocycles. The van der Waals surface area contributed by atoms with E-state index in [-0.39, 0.29) is 5.91 Å². The van der Waals surface area contributed by atoms with Crippen LogP contribution in [0, 0.1) is 0 Å². The summed E-state index contributed by atoms with van der Waals surface area (Å²) in [5.41, 5.74) is 2.96. The lowest BCUT2D eigenvalue weighted by Crippen LogP contribution is -2.23. The van der Waals surface area contributed by atoms with Crippen molar-refractivity contribution in [3.63, 3.8) is 0 Å². The molecule has 0 aliphatic rings. The highest BCUT2D eigenvalue weighted by Gasteiger charge is 2.13. The highest BCUT2D eigenvalue weighted by molar-refractivity contribution is 6.36. The second-order valence-corrected chi connectivity index (χ2v) is 6.06. The van der Waals surface area contributed by atoms with Gasteiger partial charge in [0.15, 0.2) is 0 Å². The van der Waals surface area contributed by atoms with Crippen LogP contribution in [0.25, 0.3) is 11.3 Å². The van der Waals surface area contributed by atoms with E-state index in [4.69, 9.17) is 23.2 Å². The fraction of sp³-hybridized carbons (Fsp3) is 0.118. The van der Waals surface area contributed by atoms with Crippen molar-refractivity contribution in [1.29, 1.82) is 0 Å². The van der Waals surface area contributed by atoms with Crippen LogP contribution in [0.3, 0.4) is 0 Å². The van der Waals surface area contributed by atoms with E-state index in [1.807, 2.05) is 25.4 Å². The number of hydrogen-bond acceptors (Lipinski definition) is 3. The molecule has 7 heteroatoms. The third-order valence-electron chi connectivity index (χ3n) is 3.48. The van der Waals surface area contributed by atoms with Gasteiger partial charge >= 0.3 is 0 Å². The standard InChI is InChI=1S/C17H14Cl2N4O/c1-23-10-12(9-22-23)16-11(3-2-6-20-16)8-21-17(24)14-5-4-13(18)7-15(14)19/h2-7,9-10H,8H2,1H3,(H,21,24). The molecule has 24 heavy (non-hydrogen) atoms. The summed E-state index contributed by atoms with van der Waals surface area (Å²) >= 11 is 11.9. The fourth-order valence-electron chi connectivity index (χ4n) is 2.33. The van der Waals surface area contributed by atoms with E-state index in [9.17, 15) is 4.79 Å². The smallest absolute Gasteiger partial charge is 0.253 e. The molecule has 2 heterocycles. The zero-order chi connectivity index (χ0) is 17.1. The quantitative estimate of drug-likeness (QED) is 0.771. The third kappa shape index (κ3) is 3.58. The Morgan fingerprint density at radius 2 is 2.12 bits per heavy atom. The molecular formula is C17H14Cl2N4O. The molecule has 1 aromatic carbocycles. The van der Waals surface area contributed by atoms with Gasteiger partial charge in [-0.15, -0.1) is 0 Å². The number of carbonyl (C=O) groups excluding carboxylic acids is 1. The van der Waals surface area contributed by atoms with Crippen LogP contribution in [-0.4, -0.2) is 20.7 Å². The van der Waals surface area contributed by atoms with Gasteiger partial charge in [-0.1, -0.05) is 29.3 Å². The Morgan fingerprint density at radius 3 is 2.83 bits per heavy atom. The Bertz CT molecular complexity index is 892. The number of carbonyl (C=O) groups is 1. The molecule has 3 rings (SSSR count). The summed E-state index contributed by atoms with van der Waals surface area (Å²) < 4.78 is 1.71. The van der Waals surface area contributed by atoms with Gasteiger partial charge in [-0.2, -0.15) is 5.10 Å². The molecular weight excluding hydrogens is 347 g/mol. The largest absolute Gasteiger partial charge is 0.348 e. The third-order valence-corrected chi connectivity index (χ3v) is 4.03. The molecule has 5 nitrogen and oxygen atoms in total. The highest BCUT2D eigenvalue weighted by Crippen LogP contribution is 2.22. The lowest BCUT2D eigenvalue weighted by molar-refractivity contribution is 0.0951. The SMILES string of the molecule is Cn1cc(-c2ncccc2CNC(=O)c2ccc(Cl)cc2Cl)cn1. The molecule has 0 fully saturated rings. The molecule has 0 bridgehead atoms. The summed E-state index contributed by atoms with van der Waals surface area (Å²) in [5, 5.41) is 7.82. The van der Waals surface area contributed by atoms with E-state index in [0.717, 1.165) is 16.8 Å². The van der Waals surface area contributed by atoms with Crippen LogP contribution in [-0.2, 0) is 13.6 Å². The van der Waals surface area contributed by atoms with Crippen LogP contribution in [0.4, 0.5) is 0 Å². The first-order valence-corrected chi connectivity index (χ1v) is 7.96. The summed E-state index contributed by atoms with van der Waals surface area (Å²) in [6.07, 6.45) is 5.33. The first kappa shape index (κ1) is 16.5. The van der Waals surface area contributed by atoms with E-state index in [2.05, 4.69) is 15.4 Å². The summed E-state index contributed by atoms with van der Waals surface area (Å²) in [5.74, 6) is -0.266. The number of nitrogens with one attached hydrogen (secondary N) is 1. The number of pyridine rings is 1. The van der Waals surface area contributed by atoms with Gasteiger partial charge in [0.2, 0.25) is 0 Å². The van der Waals surface area contributed by atoms with Gasteiger partial charge in [-0.25, -0.2) is 0 Å². The Balaban J connectivity index is 1.79. The molecule has 0 spiro atoms. The molecule has 1 amide bonds. The molecule has 0 radical (unpaired) electrons. The van der Waals surface area contributed by atoms with E-state index < -0.39 is 0 Å². The van der Waals surface area contributed by atoms with Crippen molar-refractivity contribution in [2.75, 3.05) is 0 Å². The number of rotatable bonds is 4. The maximum atomic E-state index is 12.3. The van der Waals surface area contributed by atoms with Crippen LogP contribution < -0.4 is 5.32 Å². The number of benzene rings is 1. The van der Waals surface area contributed by atoms with E-state index in [0.29, 0.717) is 22.2 Å². The molecule has 122 valence electrons. The molecule has 1 N–H and O–H groups in total. The zero-order valence-electron chi connectivity index (χ0n) is 12.8. The second-order valence-electron chi connectivity index (χ2n) is 5.22. The monoisotopic (exact) mass is 360 g/mol. The van der Waals surface area contributed by atoms with Crippen LogP contribution in [0.2, 0.25) is 10.0 Å². The topological polar surface area (TPSA) is 59.8 Å². The Hall–Kier alpha value is -2.37. The Morgan fingerprint density at radius 1 is 1.29 bits per heavy atom. The average Bonchev–Trinajstić information content (AvgIpc) is 2.99. The molecule has 0 aliphatic carbocycles. The highest BCUT2D eigenvalue weighted by atomic mass is 35.5. The first-order chi connectivity index (χ1) is 11.5. The van der Waals surface area contributed by atoms with Gasteiger partial charge in [0, 0.05) is 36.6 Å². The van der Waals surface area contributed by atoms with Gasteiger partial charge in [0.05, 0.1) is 22.5 Å². The van der Waals surface area contributed by atoms with Crippen LogP contribution >= 0.6 is 23.2 Å². The minimum atomic E-state index is -0.266. The summed E-state index contributed by atoms with van der Waals surface area (Å²) in [6.45, 7) is 0.329. The summed E-state index contributed by atoms with van der Waals surface area (Å²) in [4.78, 5) is 16.7. The van der Waals surface area contributed by atoms with Gasteiger partial charge in [-0.3, -0.25) is 14.5 Å². The van der Waals surface area contributed by atoms with Crippen molar-refractivity contribution >= 4 is 29.1 Å². The Kier molecular flexibility index (Phi) is 4.83. The fourth-order valence-corrected chi connectivity index (χ4v) is 2.82. The summed E-state index contributed by atoms with van der Waals surface area (Å²) in [6, 6.07) is 8.53. The zero-order valence-corrected chi connectivity index (χ0v) is 14.3. The maximum Gasteiger partial charge on any atom is 0.253 e. The van der Waals surface area contributed by atoms with Gasteiger partial charge in [0.25, 0.3) is 5.91 Å². The van der Waals surface area contributed by atoms with Gasteiger partial charge in [0.1, 0.15) is 0 Å². The lowest BCUT2D eigenvalue weighted by Gasteiger charge is -2.10. The number of nitrogens with zero attached hydrogens (tertiary/aromatic N) is 3. The van der Waals surface area contributed by atoms with E-state index >= 15 is 0 Å². The molecule has 0 unspecified atom stereocenters. The maximum absolute atomic E-state index is 12.3. The number of aryl methyl sites for hydroxylation is 1. The van der Waals surface area contributed by atoms with Crippen molar-refractivity contribution in [3.05, 3.63) is 70.1 Å². The van der Waals surface area contributed by atoms with Crippen molar-refractivity contribution in [2.45, 2.75) is 6.54 Å². The number of halogens is 2. The minimum Gasteiger partial charge on any atom is -0.348 e. The molecule has 3 aromatic rings. The molecule has 0 atom stereocenters. The molecule has 0 aliphatic heterocycles. The normalized spacial score (nSPS) is 10.6. The lowest BCUT2D eigenvalue weighted by atomic mass is 10.1. The molecule has 0 saturated heterocycles. The van der Waals surface area contributed by atoms with Gasteiger partial charge < -0.3 is 5.32 Å².